The van der Waals surface area contributed by atoms with Crippen LogP contribution < -0.4 is 4.74 Å². The number of benzene rings is 1. The van der Waals surface area contributed by atoms with E-state index in [-0.39, 0.29) is 5.97 Å². The highest BCUT2D eigenvalue weighted by atomic mass is 16.5. The van der Waals surface area contributed by atoms with Crippen molar-refractivity contribution < 1.29 is 9.53 Å². The van der Waals surface area contributed by atoms with Crippen molar-refractivity contribution in [3.05, 3.63) is 64.8 Å². The molecule has 0 aliphatic carbocycles. The van der Waals surface area contributed by atoms with Gasteiger partial charge in [0, 0.05) is 6.08 Å². The van der Waals surface area contributed by atoms with Crippen LogP contribution in [0.4, 0.5) is 0 Å². The van der Waals surface area contributed by atoms with Gasteiger partial charge in [-0.2, -0.15) is 0 Å². The summed E-state index contributed by atoms with van der Waals surface area (Å²) in [6, 6.07) is 9.16. The second-order valence-corrected chi connectivity index (χ2v) is 6.59. The minimum atomic E-state index is -0.307. The Kier molecular flexibility index (Phi) is 8.85. The number of carbonyl (C=O) groups is 1. The summed E-state index contributed by atoms with van der Waals surface area (Å²) in [4.78, 5) is 11.8. The van der Waals surface area contributed by atoms with Crippen LogP contribution >= 0.6 is 0 Å². The molecule has 1 aromatic rings. The normalized spacial score (nSPS) is 12.0. The zero-order valence-electron chi connectivity index (χ0n) is 15.7. The number of carbonyl (C=O) groups excluding carboxylic acids is 1. The van der Waals surface area contributed by atoms with Gasteiger partial charge in [0.2, 0.25) is 0 Å². The molecule has 1 rings (SSSR count). The zero-order chi connectivity index (χ0) is 17.9. The highest BCUT2D eigenvalue weighted by Gasteiger charge is 2.01. The number of ether oxygens (including phenoxy) is 1. The van der Waals surface area contributed by atoms with Crippen molar-refractivity contribution in [2.75, 3.05) is 0 Å². The highest BCUT2D eigenvalue weighted by Crippen LogP contribution is 2.16. The predicted octanol–water partition coefficient (Wildman–Crippen LogP) is 6.40. The molecule has 0 bridgehead atoms. The molecule has 24 heavy (non-hydrogen) atoms. The molecule has 0 radical (unpaired) electrons. The monoisotopic (exact) mass is 326 g/mol. The van der Waals surface area contributed by atoms with E-state index in [4.69, 9.17) is 4.74 Å². The standard InChI is InChI=1S/C22H30O2/c1-17(2)20(5)15-14-18(3)10-9-11-19(4)16-22(23)24-21-12-7-6-8-13-21/h6-8,10,12-13,16H,9,11,14-15H2,1-5H3. The molecule has 0 aromatic heterocycles. The van der Waals surface area contributed by atoms with Crippen molar-refractivity contribution in [3.63, 3.8) is 0 Å². The lowest BCUT2D eigenvalue weighted by atomic mass is 10.0. The van der Waals surface area contributed by atoms with Crippen LogP contribution in [0.3, 0.4) is 0 Å². The molecule has 0 saturated heterocycles. The Hall–Kier alpha value is -2.09. The average Bonchev–Trinajstić information content (AvgIpc) is 2.53. The molecule has 0 aliphatic heterocycles. The fourth-order valence-electron chi connectivity index (χ4n) is 2.19. The molecule has 0 amide bonds. The van der Waals surface area contributed by atoms with Gasteiger partial charge in [-0.15, -0.1) is 0 Å². The maximum Gasteiger partial charge on any atom is 0.336 e. The van der Waals surface area contributed by atoms with Crippen molar-refractivity contribution in [1.29, 1.82) is 0 Å². The lowest BCUT2D eigenvalue weighted by Gasteiger charge is -2.05. The molecule has 1 aromatic carbocycles. The zero-order valence-corrected chi connectivity index (χ0v) is 15.7. The number of hydrogen-bond donors (Lipinski definition) is 0. The van der Waals surface area contributed by atoms with E-state index in [1.807, 2.05) is 25.1 Å². The molecule has 0 atom stereocenters. The smallest absolute Gasteiger partial charge is 0.336 e. The van der Waals surface area contributed by atoms with Crippen LogP contribution in [0.1, 0.15) is 60.3 Å². The van der Waals surface area contributed by atoms with Crippen LogP contribution in [0, 0.1) is 0 Å². The molecule has 0 aliphatic rings. The Balaban J connectivity index is 2.39. The Morgan fingerprint density at radius 1 is 0.917 bits per heavy atom. The summed E-state index contributed by atoms with van der Waals surface area (Å²) in [6.45, 7) is 10.7. The summed E-state index contributed by atoms with van der Waals surface area (Å²) in [5.74, 6) is 0.274. The van der Waals surface area contributed by atoms with E-state index >= 15 is 0 Å². The second kappa shape index (κ2) is 10.6. The van der Waals surface area contributed by atoms with Crippen molar-refractivity contribution in [3.8, 4) is 5.75 Å². The molecule has 0 spiro atoms. The molecule has 130 valence electrons. The van der Waals surface area contributed by atoms with Gasteiger partial charge >= 0.3 is 5.97 Å². The van der Waals surface area contributed by atoms with Gasteiger partial charge in [-0.1, -0.05) is 46.6 Å². The number of rotatable bonds is 8. The van der Waals surface area contributed by atoms with Crippen LogP contribution in [-0.2, 0) is 4.79 Å². The van der Waals surface area contributed by atoms with E-state index in [1.54, 1.807) is 18.2 Å². The fourth-order valence-corrected chi connectivity index (χ4v) is 2.19. The van der Waals surface area contributed by atoms with Gasteiger partial charge < -0.3 is 4.74 Å². The quantitative estimate of drug-likeness (QED) is 0.239. The predicted molar refractivity (Wildman–Crippen MR) is 102 cm³/mol. The van der Waals surface area contributed by atoms with Crippen LogP contribution in [0.15, 0.2) is 64.8 Å². The molecule has 0 unspecified atom stereocenters. The van der Waals surface area contributed by atoms with Gasteiger partial charge in [0.05, 0.1) is 0 Å². The van der Waals surface area contributed by atoms with Gasteiger partial charge in [0.1, 0.15) is 5.75 Å². The third-order valence-corrected chi connectivity index (χ3v) is 4.11. The summed E-state index contributed by atoms with van der Waals surface area (Å²) in [5, 5.41) is 0. The summed E-state index contributed by atoms with van der Waals surface area (Å²) in [6.07, 6.45) is 7.93. The first kappa shape index (κ1) is 20.0. The molecule has 2 heteroatoms. The van der Waals surface area contributed by atoms with E-state index < -0.39 is 0 Å². The Bertz CT molecular complexity index is 615. The first-order valence-corrected chi connectivity index (χ1v) is 8.61. The van der Waals surface area contributed by atoms with Crippen LogP contribution in [-0.4, -0.2) is 5.97 Å². The third-order valence-electron chi connectivity index (χ3n) is 4.11. The van der Waals surface area contributed by atoms with Crippen LogP contribution in [0.2, 0.25) is 0 Å². The molecule has 0 heterocycles. The maximum atomic E-state index is 11.8. The average molecular weight is 326 g/mol. The first-order valence-electron chi connectivity index (χ1n) is 8.61. The Morgan fingerprint density at radius 3 is 2.21 bits per heavy atom. The fraction of sp³-hybridized carbons (Fsp3) is 0.409. The van der Waals surface area contributed by atoms with Gasteiger partial charge in [0.25, 0.3) is 0 Å². The molecule has 2 nitrogen and oxygen atoms in total. The van der Waals surface area contributed by atoms with E-state index in [0.29, 0.717) is 5.75 Å². The van der Waals surface area contributed by atoms with E-state index in [9.17, 15) is 4.79 Å². The van der Waals surface area contributed by atoms with Crippen molar-refractivity contribution in [1.82, 2.24) is 0 Å². The number of hydrogen-bond acceptors (Lipinski definition) is 2. The van der Waals surface area contributed by atoms with Crippen LogP contribution in [0.5, 0.6) is 5.75 Å². The van der Waals surface area contributed by atoms with Crippen molar-refractivity contribution in [2.24, 2.45) is 0 Å². The van der Waals surface area contributed by atoms with Gasteiger partial charge in [-0.25, -0.2) is 4.79 Å². The summed E-state index contributed by atoms with van der Waals surface area (Å²) >= 11 is 0. The third kappa shape index (κ3) is 8.52. The minimum absolute atomic E-state index is 0.307. The topological polar surface area (TPSA) is 26.3 Å². The van der Waals surface area contributed by atoms with Gasteiger partial charge in [-0.3, -0.25) is 0 Å². The number of allylic oxidation sites excluding steroid dienone is 5. The second-order valence-electron chi connectivity index (χ2n) is 6.59. The summed E-state index contributed by atoms with van der Waals surface area (Å²) in [7, 11) is 0. The molecule has 0 fully saturated rings. The van der Waals surface area contributed by atoms with Gasteiger partial charge in [-0.05, 0) is 72.4 Å². The first-order chi connectivity index (χ1) is 11.4. The SMILES string of the molecule is CC(=CC(=O)Oc1ccccc1)CCC=C(C)CCC(C)=C(C)C. The molecule has 0 saturated carbocycles. The lowest BCUT2D eigenvalue weighted by molar-refractivity contribution is -0.129. The van der Waals surface area contributed by atoms with Crippen molar-refractivity contribution in [2.45, 2.75) is 60.3 Å². The van der Waals surface area contributed by atoms with Gasteiger partial charge in [0.15, 0.2) is 0 Å². The Morgan fingerprint density at radius 2 is 1.58 bits per heavy atom. The molecule has 0 N–H and O–H groups in total. The van der Waals surface area contributed by atoms with Crippen LogP contribution in [0.25, 0.3) is 0 Å². The van der Waals surface area contributed by atoms with Crippen molar-refractivity contribution >= 4 is 5.97 Å². The van der Waals surface area contributed by atoms with E-state index in [2.05, 4.69) is 33.8 Å². The number of esters is 1. The molecular weight excluding hydrogens is 296 g/mol. The minimum Gasteiger partial charge on any atom is -0.423 e. The highest BCUT2D eigenvalue weighted by molar-refractivity contribution is 5.84. The Labute approximate surface area is 146 Å². The number of para-hydroxylation sites is 1. The largest absolute Gasteiger partial charge is 0.423 e. The lowest BCUT2D eigenvalue weighted by Crippen LogP contribution is -2.04. The molecular formula is C22H30O2. The summed E-state index contributed by atoms with van der Waals surface area (Å²) < 4.78 is 5.26. The van der Waals surface area contributed by atoms with E-state index in [1.165, 1.54) is 16.7 Å². The summed E-state index contributed by atoms with van der Waals surface area (Å²) in [5.41, 5.74) is 5.34. The maximum absolute atomic E-state index is 11.8. The van der Waals surface area contributed by atoms with E-state index in [0.717, 1.165) is 31.3 Å².